The molecule has 2 aromatic carbocycles. The topological polar surface area (TPSA) is 58.1 Å². The highest BCUT2D eigenvalue weighted by Crippen LogP contribution is 2.20. The fourth-order valence-corrected chi connectivity index (χ4v) is 2.85. The van der Waals surface area contributed by atoms with E-state index in [1.165, 1.54) is 17.3 Å². The van der Waals surface area contributed by atoms with E-state index in [-0.39, 0.29) is 5.91 Å². The molecular weight excluding hydrogens is 336 g/mol. The summed E-state index contributed by atoms with van der Waals surface area (Å²) >= 11 is 0. The fraction of sp³-hybridized carbons (Fsp3) is 0.227. The summed E-state index contributed by atoms with van der Waals surface area (Å²) in [4.78, 5) is 23.2. The van der Waals surface area contributed by atoms with Crippen LogP contribution in [-0.4, -0.2) is 22.4 Å². The summed E-state index contributed by atoms with van der Waals surface area (Å²) in [6, 6.07) is 14.0. The molecular formula is C22H24N4O. The summed E-state index contributed by atoms with van der Waals surface area (Å²) < 4.78 is 0. The molecule has 27 heavy (non-hydrogen) atoms. The fourth-order valence-electron chi connectivity index (χ4n) is 2.85. The number of anilines is 3. The Hall–Kier alpha value is -3.21. The first-order valence-electron chi connectivity index (χ1n) is 9.03. The molecule has 0 aliphatic heterocycles. The van der Waals surface area contributed by atoms with E-state index in [9.17, 15) is 4.79 Å². The van der Waals surface area contributed by atoms with Gasteiger partial charge in [-0.05, 0) is 68.7 Å². The number of nitrogens with one attached hydrogen (secondary N) is 1. The van der Waals surface area contributed by atoms with Gasteiger partial charge in [-0.25, -0.2) is 9.97 Å². The van der Waals surface area contributed by atoms with Gasteiger partial charge in [0.15, 0.2) is 0 Å². The summed E-state index contributed by atoms with van der Waals surface area (Å²) in [5.74, 6) is 0.446. The molecule has 0 saturated carbocycles. The van der Waals surface area contributed by atoms with Crippen LogP contribution in [-0.2, 0) is 0 Å². The molecule has 1 aromatic heterocycles. The van der Waals surface area contributed by atoms with Gasteiger partial charge < -0.3 is 10.2 Å². The maximum Gasteiger partial charge on any atom is 0.278 e. The van der Waals surface area contributed by atoms with Gasteiger partial charge in [-0.2, -0.15) is 0 Å². The van der Waals surface area contributed by atoms with E-state index >= 15 is 0 Å². The molecule has 1 amide bonds. The molecule has 3 rings (SSSR count). The number of aromatic nitrogens is 2. The second kappa shape index (κ2) is 7.99. The number of aryl methyl sites for hydroxylation is 3. The first-order valence-corrected chi connectivity index (χ1v) is 9.03. The minimum atomic E-state index is -0.159. The van der Waals surface area contributed by atoms with Crippen molar-refractivity contribution in [1.29, 1.82) is 0 Å². The summed E-state index contributed by atoms with van der Waals surface area (Å²) in [6.07, 6.45) is 3.11. The Labute approximate surface area is 160 Å². The Morgan fingerprint density at radius 3 is 2.44 bits per heavy atom. The molecule has 0 spiro atoms. The summed E-state index contributed by atoms with van der Waals surface area (Å²) in [7, 11) is 0. The van der Waals surface area contributed by atoms with Gasteiger partial charge in [0.1, 0.15) is 11.5 Å². The third-order valence-electron chi connectivity index (χ3n) is 4.52. The van der Waals surface area contributed by atoms with E-state index in [1.807, 2.05) is 44.2 Å². The lowest BCUT2D eigenvalue weighted by atomic mass is 10.1. The number of benzene rings is 2. The number of carbonyl (C=O) groups excluding carboxylic acids is 1. The maximum atomic E-state index is 12.8. The molecule has 138 valence electrons. The van der Waals surface area contributed by atoms with Gasteiger partial charge >= 0.3 is 0 Å². The smallest absolute Gasteiger partial charge is 0.278 e. The summed E-state index contributed by atoms with van der Waals surface area (Å²) in [6.45, 7) is 8.66. The predicted octanol–water partition coefficient (Wildman–Crippen LogP) is 4.81. The largest absolute Gasteiger partial charge is 0.339 e. The van der Waals surface area contributed by atoms with E-state index in [0.29, 0.717) is 18.1 Å². The Bertz CT molecular complexity index is 951. The first kappa shape index (κ1) is 18.6. The quantitative estimate of drug-likeness (QED) is 0.709. The minimum absolute atomic E-state index is 0.159. The average molecular weight is 360 g/mol. The second-order valence-electron chi connectivity index (χ2n) is 6.60. The van der Waals surface area contributed by atoms with Crippen molar-refractivity contribution >= 4 is 23.1 Å². The van der Waals surface area contributed by atoms with Gasteiger partial charge in [-0.15, -0.1) is 0 Å². The lowest BCUT2D eigenvalue weighted by Crippen LogP contribution is -2.31. The lowest BCUT2D eigenvalue weighted by Gasteiger charge is -2.21. The van der Waals surface area contributed by atoms with Crippen molar-refractivity contribution in [2.45, 2.75) is 27.7 Å². The van der Waals surface area contributed by atoms with Crippen LogP contribution in [0.2, 0.25) is 0 Å². The molecule has 1 heterocycles. The van der Waals surface area contributed by atoms with Crippen LogP contribution in [0.1, 0.15) is 34.1 Å². The third-order valence-corrected chi connectivity index (χ3v) is 4.52. The maximum absolute atomic E-state index is 12.8. The number of hydrogen-bond donors (Lipinski definition) is 1. The number of rotatable bonds is 5. The normalized spacial score (nSPS) is 10.5. The summed E-state index contributed by atoms with van der Waals surface area (Å²) in [5, 5.41) is 3.22. The van der Waals surface area contributed by atoms with Crippen molar-refractivity contribution in [3.05, 3.63) is 77.2 Å². The van der Waals surface area contributed by atoms with Crippen molar-refractivity contribution in [3.63, 3.8) is 0 Å². The Kier molecular flexibility index (Phi) is 5.50. The van der Waals surface area contributed by atoms with Crippen molar-refractivity contribution in [1.82, 2.24) is 9.97 Å². The number of nitrogens with zero attached hydrogens (tertiary/aromatic N) is 3. The van der Waals surface area contributed by atoms with Crippen molar-refractivity contribution in [3.8, 4) is 0 Å². The molecule has 0 radical (unpaired) electrons. The highest BCUT2D eigenvalue weighted by molar-refractivity contribution is 6.04. The Morgan fingerprint density at radius 1 is 1.00 bits per heavy atom. The van der Waals surface area contributed by atoms with Crippen LogP contribution in [0.15, 0.2) is 54.9 Å². The number of hydrogen-bond acceptors (Lipinski definition) is 4. The number of carbonyl (C=O) groups is 1. The standard InChI is InChI=1S/C22H24N4O/c1-5-26(19-8-6-7-15(2)11-19)22(27)20-13-24-21(14-23-20)25-18-10-9-16(3)17(4)12-18/h6-14H,5H2,1-4H3,(H,24,25). The van der Waals surface area contributed by atoms with Crippen LogP contribution in [0.3, 0.4) is 0 Å². The molecule has 0 fully saturated rings. The van der Waals surface area contributed by atoms with Gasteiger partial charge in [-0.1, -0.05) is 18.2 Å². The third kappa shape index (κ3) is 4.31. The molecule has 5 nitrogen and oxygen atoms in total. The van der Waals surface area contributed by atoms with Crippen LogP contribution in [0.4, 0.5) is 17.2 Å². The van der Waals surface area contributed by atoms with Crippen molar-refractivity contribution < 1.29 is 4.79 Å². The second-order valence-corrected chi connectivity index (χ2v) is 6.60. The van der Waals surface area contributed by atoms with Crippen LogP contribution in [0.5, 0.6) is 0 Å². The zero-order valence-corrected chi connectivity index (χ0v) is 16.2. The van der Waals surface area contributed by atoms with E-state index in [0.717, 1.165) is 16.9 Å². The Balaban J connectivity index is 1.77. The van der Waals surface area contributed by atoms with E-state index in [4.69, 9.17) is 0 Å². The SMILES string of the molecule is CCN(C(=O)c1cnc(Nc2ccc(C)c(C)c2)cn1)c1cccc(C)c1. The molecule has 5 heteroatoms. The lowest BCUT2D eigenvalue weighted by molar-refractivity contribution is 0.0983. The monoisotopic (exact) mass is 360 g/mol. The van der Waals surface area contributed by atoms with Gasteiger partial charge in [0.2, 0.25) is 0 Å². The van der Waals surface area contributed by atoms with Gasteiger partial charge in [0, 0.05) is 17.9 Å². The minimum Gasteiger partial charge on any atom is -0.339 e. The van der Waals surface area contributed by atoms with Crippen LogP contribution in [0, 0.1) is 20.8 Å². The van der Waals surface area contributed by atoms with Gasteiger partial charge in [0.05, 0.1) is 12.4 Å². The van der Waals surface area contributed by atoms with E-state index < -0.39 is 0 Å². The zero-order chi connectivity index (χ0) is 19.4. The predicted molar refractivity (Wildman–Crippen MR) is 110 cm³/mol. The average Bonchev–Trinajstić information content (AvgIpc) is 2.66. The van der Waals surface area contributed by atoms with Crippen LogP contribution >= 0.6 is 0 Å². The molecule has 0 saturated heterocycles. The van der Waals surface area contributed by atoms with E-state index in [2.05, 4.69) is 41.3 Å². The van der Waals surface area contributed by atoms with Gasteiger partial charge in [-0.3, -0.25) is 4.79 Å². The first-order chi connectivity index (χ1) is 13.0. The Morgan fingerprint density at radius 2 is 1.81 bits per heavy atom. The number of amides is 1. The van der Waals surface area contributed by atoms with E-state index in [1.54, 1.807) is 11.1 Å². The molecule has 0 unspecified atom stereocenters. The molecule has 0 aliphatic carbocycles. The van der Waals surface area contributed by atoms with Crippen LogP contribution in [0.25, 0.3) is 0 Å². The zero-order valence-electron chi connectivity index (χ0n) is 16.2. The highest BCUT2D eigenvalue weighted by atomic mass is 16.2. The van der Waals surface area contributed by atoms with Crippen molar-refractivity contribution in [2.75, 3.05) is 16.8 Å². The molecule has 0 atom stereocenters. The van der Waals surface area contributed by atoms with Crippen LogP contribution < -0.4 is 10.2 Å². The molecule has 3 aromatic rings. The molecule has 0 bridgehead atoms. The summed E-state index contributed by atoms with van der Waals surface area (Å²) in [5.41, 5.74) is 5.68. The van der Waals surface area contributed by atoms with Crippen molar-refractivity contribution in [2.24, 2.45) is 0 Å². The molecule has 0 aliphatic rings. The highest BCUT2D eigenvalue weighted by Gasteiger charge is 2.18. The van der Waals surface area contributed by atoms with Gasteiger partial charge in [0.25, 0.3) is 5.91 Å². The molecule has 1 N–H and O–H groups in total.